The highest BCUT2D eigenvalue weighted by molar-refractivity contribution is 6.30. The number of hydrogen-bond acceptors (Lipinski definition) is 5. The number of rotatable bonds is 6. The number of halogens is 1. The molecule has 2 aliphatic heterocycles. The van der Waals surface area contributed by atoms with E-state index in [4.69, 9.17) is 11.6 Å². The van der Waals surface area contributed by atoms with E-state index < -0.39 is 0 Å². The molecule has 0 aliphatic carbocycles. The molecule has 2 saturated heterocycles. The lowest BCUT2D eigenvalue weighted by Gasteiger charge is -2.36. The van der Waals surface area contributed by atoms with Gasteiger partial charge in [0.05, 0.1) is 0 Å². The molecule has 0 spiro atoms. The summed E-state index contributed by atoms with van der Waals surface area (Å²) in [4.78, 5) is 40.6. The highest BCUT2D eigenvalue weighted by atomic mass is 35.5. The summed E-state index contributed by atoms with van der Waals surface area (Å²) in [6, 6.07) is 7.85. The van der Waals surface area contributed by atoms with E-state index in [1.54, 1.807) is 0 Å². The first kappa shape index (κ1) is 18.7. The third kappa shape index (κ3) is 4.74. The summed E-state index contributed by atoms with van der Waals surface area (Å²) < 4.78 is 0. The van der Waals surface area contributed by atoms with Crippen LogP contribution < -0.4 is 10.2 Å². The molecule has 2 aliphatic rings. The van der Waals surface area contributed by atoms with E-state index in [9.17, 15) is 14.4 Å². The minimum Gasteiger partial charge on any atom is -0.369 e. The van der Waals surface area contributed by atoms with Crippen molar-refractivity contribution < 1.29 is 14.4 Å². The second-order valence-corrected chi connectivity index (χ2v) is 6.97. The molecule has 0 bridgehead atoms. The zero-order valence-electron chi connectivity index (χ0n) is 14.6. The van der Waals surface area contributed by atoms with E-state index in [0.29, 0.717) is 6.54 Å². The van der Waals surface area contributed by atoms with E-state index in [2.05, 4.69) is 15.1 Å². The minimum atomic E-state index is -0.284. The van der Waals surface area contributed by atoms with Gasteiger partial charge in [-0.1, -0.05) is 11.6 Å². The number of nitrogens with one attached hydrogen (secondary N) is 1. The third-order valence-corrected chi connectivity index (χ3v) is 5.02. The number of nitrogens with zero attached hydrogens (tertiary/aromatic N) is 3. The zero-order chi connectivity index (χ0) is 18.5. The van der Waals surface area contributed by atoms with Gasteiger partial charge in [0.15, 0.2) is 0 Å². The zero-order valence-corrected chi connectivity index (χ0v) is 15.4. The van der Waals surface area contributed by atoms with Crippen molar-refractivity contribution in [2.75, 3.05) is 50.7 Å². The normalized spacial score (nSPS) is 18.5. The predicted molar refractivity (Wildman–Crippen MR) is 99.1 cm³/mol. The van der Waals surface area contributed by atoms with Crippen LogP contribution in [0.3, 0.4) is 0 Å². The summed E-state index contributed by atoms with van der Waals surface area (Å²) in [6.07, 6.45) is 0.425. The molecule has 3 amide bonds. The topological polar surface area (TPSA) is 73.0 Å². The Morgan fingerprint density at radius 1 is 1.00 bits per heavy atom. The van der Waals surface area contributed by atoms with Crippen molar-refractivity contribution in [3.05, 3.63) is 29.3 Å². The van der Waals surface area contributed by atoms with Crippen molar-refractivity contribution in [3.63, 3.8) is 0 Å². The number of carbonyl (C=O) groups is 3. The van der Waals surface area contributed by atoms with Crippen molar-refractivity contribution in [2.24, 2.45) is 0 Å². The number of benzene rings is 1. The molecule has 1 aromatic carbocycles. The second kappa shape index (κ2) is 8.51. The van der Waals surface area contributed by atoms with Crippen LogP contribution >= 0.6 is 11.6 Å². The van der Waals surface area contributed by atoms with Crippen LogP contribution in [0.25, 0.3) is 0 Å². The molecule has 0 atom stereocenters. The molecule has 0 aromatic heterocycles. The molecule has 26 heavy (non-hydrogen) atoms. The van der Waals surface area contributed by atoms with Crippen LogP contribution in [0.2, 0.25) is 5.02 Å². The largest absolute Gasteiger partial charge is 0.369 e. The highest BCUT2D eigenvalue weighted by Gasteiger charge is 2.30. The number of amides is 3. The van der Waals surface area contributed by atoms with Gasteiger partial charge in [-0.3, -0.25) is 24.2 Å². The van der Waals surface area contributed by atoms with Crippen molar-refractivity contribution >= 4 is 35.0 Å². The van der Waals surface area contributed by atoms with Crippen LogP contribution in [0.5, 0.6) is 0 Å². The van der Waals surface area contributed by atoms with Gasteiger partial charge in [-0.25, -0.2) is 0 Å². The maximum atomic E-state index is 11.9. The summed E-state index contributed by atoms with van der Waals surface area (Å²) in [6.45, 7) is 4.78. The van der Waals surface area contributed by atoms with Crippen LogP contribution in [0, 0.1) is 0 Å². The predicted octanol–water partition coefficient (Wildman–Crippen LogP) is 0.727. The minimum absolute atomic E-state index is 0.165. The van der Waals surface area contributed by atoms with Crippen LogP contribution in [-0.2, 0) is 14.4 Å². The average Bonchev–Trinajstić information content (AvgIpc) is 2.95. The SMILES string of the molecule is O=C(CN1C(=O)CCC1=O)NCCN1CCN(c2ccc(Cl)cc2)CC1. The van der Waals surface area contributed by atoms with Gasteiger partial charge in [0, 0.05) is 62.8 Å². The number of likely N-dealkylation sites (tertiary alicyclic amines) is 1. The highest BCUT2D eigenvalue weighted by Crippen LogP contribution is 2.19. The smallest absolute Gasteiger partial charge is 0.240 e. The van der Waals surface area contributed by atoms with E-state index in [-0.39, 0.29) is 37.1 Å². The standard InChI is InChI=1S/C18H23ClN4O3/c19-14-1-3-15(4-2-14)22-11-9-21(10-12-22)8-7-20-16(24)13-23-17(25)5-6-18(23)26/h1-4H,5-13H2,(H,20,24). The van der Waals surface area contributed by atoms with Crippen LogP contribution in [0.4, 0.5) is 5.69 Å². The van der Waals surface area contributed by atoms with Gasteiger partial charge in [0.25, 0.3) is 0 Å². The summed E-state index contributed by atoms with van der Waals surface area (Å²) in [7, 11) is 0. The molecular weight excluding hydrogens is 356 g/mol. The molecule has 0 saturated carbocycles. The average molecular weight is 379 g/mol. The maximum Gasteiger partial charge on any atom is 0.240 e. The lowest BCUT2D eigenvalue weighted by atomic mass is 10.2. The van der Waals surface area contributed by atoms with Crippen LogP contribution in [-0.4, -0.2) is 73.3 Å². The summed E-state index contributed by atoms with van der Waals surface area (Å²) >= 11 is 5.92. The lowest BCUT2D eigenvalue weighted by molar-refractivity contribution is -0.142. The van der Waals surface area contributed by atoms with Crippen molar-refractivity contribution in [1.29, 1.82) is 0 Å². The summed E-state index contributed by atoms with van der Waals surface area (Å²) in [5.41, 5.74) is 1.17. The van der Waals surface area contributed by atoms with Gasteiger partial charge in [-0.15, -0.1) is 0 Å². The molecule has 2 heterocycles. The van der Waals surface area contributed by atoms with Gasteiger partial charge < -0.3 is 10.2 Å². The Labute approximate surface area is 157 Å². The van der Waals surface area contributed by atoms with Crippen LogP contribution in [0.15, 0.2) is 24.3 Å². The Hall–Kier alpha value is -2.12. The molecule has 140 valence electrons. The quantitative estimate of drug-likeness (QED) is 0.739. The van der Waals surface area contributed by atoms with Gasteiger partial charge in [-0.05, 0) is 24.3 Å². The molecule has 8 heteroatoms. The number of carbonyl (C=O) groups excluding carboxylic acids is 3. The summed E-state index contributed by atoms with van der Waals surface area (Å²) in [5, 5.41) is 3.53. The van der Waals surface area contributed by atoms with Crippen LogP contribution in [0.1, 0.15) is 12.8 Å². The molecule has 2 fully saturated rings. The Morgan fingerprint density at radius 2 is 1.62 bits per heavy atom. The lowest BCUT2D eigenvalue weighted by Crippen LogP contribution is -2.49. The van der Waals surface area contributed by atoms with E-state index in [1.807, 2.05) is 24.3 Å². The number of hydrogen-bond donors (Lipinski definition) is 1. The molecule has 3 rings (SSSR count). The number of anilines is 1. The monoisotopic (exact) mass is 378 g/mol. The van der Waals surface area contributed by atoms with Crippen molar-refractivity contribution in [1.82, 2.24) is 15.1 Å². The van der Waals surface area contributed by atoms with Gasteiger partial charge >= 0.3 is 0 Å². The Morgan fingerprint density at radius 3 is 2.23 bits per heavy atom. The molecular formula is C18H23ClN4O3. The number of imide groups is 1. The first-order valence-electron chi connectivity index (χ1n) is 8.86. The fourth-order valence-electron chi connectivity index (χ4n) is 3.23. The maximum absolute atomic E-state index is 11.9. The second-order valence-electron chi connectivity index (χ2n) is 6.53. The fourth-order valence-corrected chi connectivity index (χ4v) is 3.36. The molecule has 1 aromatic rings. The number of piperazine rings is 1. The first-order chi connectivity index (χ1) is 12.5. The molecule has 0 radical (unpaired) electrons. The first-order valence-corrected chi connectivity index (χ1v) is 9.23. The van der Waals surface area contributed by atoms with Crippen molar-refractivity contribution in [3.8, 4) is 0 Å². The van der Waals surface area contributed by atoms with E-state index in [1.165, 1.54) is 5.69 Å². The Kier molecular flexibility index (Phi) is 6.11. The fraction of sp³-hybridized carbons (Fsp3) is 0.500. The Bertz CT molecular complexity index is 656. The third-order valence-electron chi connectivity index (χ3n) is 4.77. The molecule has 7 nitrogen and oxygen atoms in total. The molecule has 0 unspecified atom stereocenters. The Balaban J connectivity index is 1.35. The van der Waals surface area contributed by atoms with E-state index in [0.717, 1.165) is 42.6 Å². The van der Waals surface area contributed by atoms with E-state index >= 15 is 0 Å². The van der Waals surface area contributed by atoms with Gasteiger partial charge in [0.2, 0.25) is 17.7 Å². The summed E-state index contributed by atoms with van der Waals surface area (Å²) in [5.74, 6) is -0.805. The van der Waals surface area contributed by atoms with Crippen molar-refractivity contribution in [2.45, 2.75) is 12.8 Å². The van der Waals surface area contributed by atoms with Gasteiger partial charge in [0.1, 0.15) is 6.54 Å². The van der Waals surface area contributed by atoms with Gasteiger partial charge in [-0.2, -0.15) is 0 Å². The molecule has 1 N–H and O–H groups in total.